The van der Waals surface area contributed by atoms with Crippen LogP contribution < -0.4 is 0 Å². The normalized spacial score (nSPS) is 13.2. The molecule has 1 aromatic carbocycles. The molecule has 0 aliphatic rings. The number of hydrogen-bond donors (Lipinski definition) is 0. The van der Waals surface area contributed by atoms with E-state index in [1.54, 1.807) is 11.9 Å². The summed E-state index contributed by atoms with van der Waals surface area (Å²) in [6.07, 6.45) is -4.24. The molecule has 106 valence electrons. The number of alkyl halides is 4. The van der Waals surface area contributed by atoms with E-state index in [9.17, 15) is 18.0 Å². The highest BCUT2D eigenvalue weighted by atomic mass is 79.9. The maximum absolute atomic E-state index is 12.4. The van der Waals surface area contributed by atoms with Gasteiger partial charge in [-0.2, -0.15) is 13.2 Å². The smallest absolute Gasteiger partial charge is 0.342 e. The van der Waals surface area contributed by atoms with Gasteiger partial charge in [-0.25, -0.2) is 0 Å². The lowest BCUT2D eigenvalue weighted by atomic mass is 10.1. The van der Waals surface area contributed by atoms with Gasteiger partial charge in [-0.3, -0.25) is 4.79 Å². The van der Waals surface area contributed by atoms with E-state index in [-0.39, 0.29) is 18.4 Å². The van der Waals surface area contributed by atoms with Crippen LogP contribution in [0.5, 0.6) is 0 Å². The second-order valence-corrected chi connectivity index (χ2v) is 5.03. The van der Waals surface area contributed by atoms with Crippen molar-refractivity contribution >= 4 is 21.8 Å². The Morgan fingerprint density at radius 1 is 1.32 bits per heavy atom. The standard InChI is InChI=1S/C13H15BrF3NO/c1-9(8-14)18(2)12(19)7-10-3-5-11(6-4-10)13(15,16)17/h3-6,9H,7-8H2,1-2H3. The number of carbonyl (C=O) groups excluding carboxylic acids is 1. The van der Waals surface area contributed by atoms with Gasteiger partial charge >= 0.3 is 6.18 Å². The first kappa shape index (κ1) is 16.0. The van der Waals surface area contributed by atoms with Gasteiger partial charge in [-0.1, -0.05) is 28.1 Å². The van der Waals surface area contributed by atoms with Crippen molar-refractivity contribution in [3.8, 4) is 0 Å². The first-order valence-electron chi connectivity index (χ1n) is 5.73. The van der Waals surface area contributed by atoms with E-state index in [4.69, 9.17) is 0 Å². The molecule has 0 spiro atoms. The van der Waals surface area contributed by atoms with Crippen LogP contribution in [0, 0.1) is 0 Å². The van der Waals surface area contributed by atoms with Gasteiger partial charge in [-0.05, 0) is 24.6 Å². The van der Waals surface area contributed by atoms with E-state index < -0.39 is 11.7 Å². The van der Waals surface area contributed by atoms with Crippen molar-refractivity contribution in [2.24, 2.45) is 0 Å². The van der Waals surface area contributed by atoms with Crippen LogP contribution >= 0.6 is 15.9 Å². The zero-order valence-corrected chi connectivity index (χ0v) is 12.3. The highest BCUT2D eigenvalue weighted by Crippen LogP contribution is 2.29. The molecule has 0 saturated carbocycles. The number of likely N-dealkylation sites (N-methyl/N-ethyl adjacent to an activating group) is 1. The lowest BCUT2D eigenvalue weighted by Gasteiger charge is -2.23. The molecule has 0 bridgehead atoms. The molecular weight excluding hydrogens is 323 g/mol. The Hall–Kier alpha value is -1.04. The average Bonchev–Trinajstić information content (AvgIpc) is 2.36. The molecule has 1 unspecified atom stereocenters. The van der Waals surface area contributed by atoms with E-state index in [0.717, 1.165) is 12.1 Å². The summed E-state index contributed by atoms with van der Waals surface area (Å²) in [6, 6.07) is 4.72. The average molecular weight is 338 g/mol. The molecule has 1 atom stereocenters. The lowest BCUT2D eigenvalue weighted by Crippen LogP contribution is -2.37. The Kier molecular flexibility index (Phi) is 5.40. The number of benzene rings is 1. The molecule has 0 heterocycles. The molecule has 0 N–H and O–H groups in total. The summed E-state index contributed by atoms with van der Waals surface area (Å²) in [7, 11) is 1.68. The number of rotatable bonds is 4. The Morgan fingerprint density at radius 3 is 2.26 bits per heavy atom. The molecule has 0 radical (unpaired) electrons. The number of nitrogens with zero attached hydrogens (tertiary/aromatic N) is 1. The minimum atomic E-state index is -4.34. The summed E-state index contributed by atoms with van der Waals surface area (Å²) >= 11 is 3.28. The Balaban J connectivity index is 2.71. The summed E-state index contributed by atoms with van der Waals surface area (Å²) < 4.78 is 37.1. The van der Waals surface area contributed by atoms with Crippen molar-refractivity contribution in [2.75, 3.05) is 12.4 Å². The van der Waals surface area contributed by atoms with Crippen molar-refractivity contribution in [3.05, 3.63) is 35.4 Å². The summed E-state index contributed by atoms with van der Waals surface area (Å²) in [6.45, 7) is 1.89. The molecule has 0 aliphatic heterocycles. The van der Waals surface area contributed by atoms with Gasteiger partial charge in [0.2, 0.25) is 5.91 Å². The second-order valence-electron chi connectivity index (χ2n) is 4.38. The molecule has 0 aliphatic carbocycles. The number of halogens is 4. The minimum absolute atomic E-state index is 0.0435. The van der Waals surface area contributed by atoms with E-state index in [1.165, 1.54) is 12.1 Å². The molecule has 6 heteroatoms. The SMILES string of the molecule is CC(CBr)N(C)C(=O)Cc1ccc(C(F)(F)F)cc1. The minimum Gasteiger partial charge on any atom is -0.342 e. The number of hydrogen-bond acceptors (Lipinski definition) is 1. The lowest BCUT2D eigenvalue weighted by molar-refractivity contribution is -0.137. The van der Waals surface area contributed by atoms with Crippen LogP contribution in [0.1, 0.15) is 18.1 Å². The van der Waals surface area contributed by atoms with Crippen LogP contribution in [0.25, 0.3) is 0 Å². The fourth-order valence-corrected chi connectivity index (χ4v) is 1.89. The Morgan fingerprint density at radius 2 is 1.84 bits per heavy atom. The maximum Gasteiger partial charge on any atom is 0.416 e. The van der Waals surface area contributed by atoms with Crippen molar-refractivity contribution in [3.63, 3.8) is 0 Å². The fourth-order valence-electron chi connectivity index (χ4n) is 1.46. The van der Waals surface area contributed by atoms with Crippen molar-refractivity contribution < 1.29 is 18.0 Å². The first-order valence-corrected chi connectivity index (χ1v) is 6.85. The van der Waals surface area contributed by atoms with Crippen molar-refractivity contribution in [2.45, 2.75) is 25.6 Å². The molecule has 1 amide bonds. The van der Waals surface area contributed by atoms with E-state index in [0.29, 0.717) is 10.9 Å². The van der Waals surface area contributed by atoms with E-state index in [1.807, 2.05) is 6.92 Å². The van der Waals surface area contributed by atoms with Gasteiger partial charge in [0.05, 0.1) is 12.0 Å². The Labute approximate surface area is 118 Å². The van der Waals surface area contributed by atoms with Gasteiger partial charge in [0.25, 0.3) is 0 Å². The molecule has 1 aromatic rings. The molecule has 2 nitrogen and oxygen atoms in total. The largest absolute Gasteiger partial charge is 0.416 e. The summed E-state index contributed by atoms with van der Waals surface area (Å²) in [4.78, 5) is 13.5. The topological polar surface area (TPSA) is 20.3 Å². The summed E-state index contributed by atoms with van der Waals surface area (Å²) in [5.41, 5.74) is -0.127. The quantitative estimate of drug-likeness (QED) is 0.770. The van der Waals surface area contributed by atoms with Gasteiger partial charge in [-0.15, -0.1) is 0 Å². The molecule has 0 saturated heterocycles. The predicted octanol–water partition coefficient (Wildman–Crippen LogP) is 3.49. The molecule has 1 rings (SSSR count). The highest BCUT2D eigenvalue weighted by Gasteiger charge is 2.30. The number of amides is 1. The zero-order valence-electron chi connectivity index (χ0n) is 10.7. The zero-order chi connectivity index (χ0) is 14.6. The third-order valence-corrected chi connectivity index (χ3v) is 3.85. The van der Waals surface area contributed by atoms with Gasteiger partial charge in [0, 0.05) is 18.4 Å². The van der Waals surface area contributed by atoms with Crippen LogP contribution in [0.2, 0.25) is 0 Å². The molecule has 0 fully saturated rings. The van der Waals surface area contributed by atoms with Crippen molar-refractivity contribution in [1.29, 1.82) is 0 Å². The van der Waals surface area contributed by atoms with E-state index in [2.05, 4.69) is 15.9 Å². The number of carbonyl (C=O) groups is 1. The summed E-state index contributed by atoms with van der Waals surface area (Å²) in [5, 5.41) is 0.655. The molecule has 19 heavy (non-hydrogen) atoms. The van der Waals surface area contributed by atoms with Crippen LogP contribution in [0.3, 0.4) is 0 Å². The second kappa shape index (κ2) is 6.41. The predicted molar refractivity (Wildman–Crippen MR) is 71.2 cm³/mol. The molecular formula is C13H15BrF3NO. The maximum atomic E-state index is 12.4. The Bertz CT molecular complexity index is 431. The van der Waals surface area contributed by atoms with Crippen LogP contribution in [-0.2, 0) is 17.4 Å². The first-order chi connectivity index (χ1) is 8.75. The van der Waals surface area contributed by atoms with E-state index >= 15 is 0 Å². The van der Waals surface area contributed by atoms with Crippen molar-refractivity contribution in [1.82, 2.24) is 4.90 Å². The summed E-state index contributed by atoms with van der Waals surface area (Å²) in [5.74, 6) is -0.119. The highest BCUT2D eigenvalue weighted by molar-refractivity contribution is 9.09. The third-order valence-electron chi connectivity index (χ3n) is 2.91. The van der Waals surface area contributed by atoms with Crippen LogP contribution in [0.4, 0.5) is 13.2 Å². The monoisotopic (exact) mass is 337 g/mol. The fraction of sp³-hybridized carbons (Fsp3) is 0.462. The molecule has 0 aromatic heterocycles. The van der Waals surface area contributed by atoms with Gasteiger partial charge < -0.3 is 4.90 Å². The van der Waals surface area contributed by atoms with Crippen LogP contribution in [0.15, 0.2) is 24.3 Å². The van der Waals surface area contributed by atoms with Gasteiger partial charge in [0.1, 0.15) is 0 Å². The van der Waals surface area contributed by atoms with Gasteiger partial charge in [0.15, 0.2) is 0 Å². The van der Waals surface area contributed by atoms with Crippen LogP contribution in [-0.4, -0.2) is 29.2 Å². The third kappa shape index (κ3) is 4.53.